The standard InChI is InChI=1S/C20H18ClN3O3S/c1-2-24-19(15-6-4-3-5-7-15)22-23-20(24)28-13-18(26)27-12-17(25)14-8-10-16(21)11-9-14/h3-11H,2,12-13H2,1H3. The molecule has 1 aromatic heterocycles. The Morgan fingerprint density at radius 1 is 1.07 bits per heavy atom. The molecule has 0 atom stereocenters. The Hall–Kier alpha value is -2.64. The Kier molecular flexibility index (Phi) is 6.84. The van der Waals surface area contributed by atoms with Gasteiger partial charge in [-0.05, 0) is 31.2 Å². The summed E-state index contributed by atoms with van der Waals surface area (Å²) in [5.41, 5.74) is 1.41. The molecule has 0 spiro atoms. The van der Waals surface area contributed by atoms with Gasteiger partial charge in [-0.15, -0.1) is 10.2 Å². The summed E-state index contributed by atoms with van der Waals surface area (Å²) in [5, 5.41) is 9.58. The SMILES string of the molecule is CCn1c(SCC(=O)OCC(=O)c2ccc(Cl)cc2)nnc1-c1ccccc1. The largest absolute Gasteiger partial charge is 0.457 e. The van der Waals surface area contributed by atoms with Gasteiger partial charge in [0.25, 0.3) is 0 Å². The second-order valence-electron chi connectivity index (χ2n) is 5.80. The number of halogens is 1. The Labute approximate surface area is 171 Å². The third-order valence-corrected chi connectivity index (χ3v) is 5.11. The number of esters is 1. The van der Waals surface area contributed by atoms with Crippen LogP contribution in [0.25, 0.3) is 11.4 Å². The van der Waals surface area contributed by atoms with Gasteiger partial charge in [0.2, 0.25) is 0 Å². The van der Waals surface area contributed by atoms with Crippen LogP contribution >= 0.6 is 23.4 Å². The Morgan fingerprint density at radius 2 is 1.79 bits per heavy atom. The van der Waals surface area contributed by atoms with Gasteiger partial charge in [-0.2, -0.15) is 0 Å². The number of carbonyl (C=O) groups is 2. The Morgan fingerprint density at radius 3 is 2.46 bits per heavy atom. The van der Waals surface area contributed by atoms with Crippen LogP contribution < -0.4 is 0 Å². The van der Waals surface area contributed by atoms with Crippen LogP contribution in [-0.2, 0) is 16.1 Å². The van der Waals surface area contributed by atoms with E-state index in [1.807, 2.05) is 41.8 Å². The molecule has 0 radical (unpaired) electrons. The summed E-state index contributed by atoms with van der Waals surface area (Å²) in [5.74, 6) is 0.0232. The minimum atomic E-state index is -0.487. The van der Waals surface area contributed by atoms with E-state index in [0.717, 1.165) is 11.4 Å². The van der Waals surface area contributed by atoms with Crippen molar-refractivity contribution in [1.82, 2.24) is 14.8 Å². The first-order chi connectivity index (χ1) is 13.6. The van der Waals surface area contributed by atoms with E-state index in [-0.39, 0.29) is 18.1 Å². The Bertz CT molecular complexity index is 959. The molecule has 0 saturated heterocycles. The molecule has 0 bridgehead atoms. The molecule has 0 aliphatic heterocycles. The lowest BCUT2D eigenvalue weighted by Crippen LogP contribution is -2.15. The van der Waals surface area contributed by atoms with Gasteiger partial charge in [0, 0.05) is 22.7 Å². The average molecular weight is 416 g/mol. The molecule has 28 heavy (non-hydrogen) atoms. The van der Waals surface area contributed by atoms with Crippen molar-refractivity contribution in [3.05, 3.63) is 65.2 Å². The molecule has 0 aliphatic carbocycles. The molecule has 144 valence electrons. The summed E-state index contributed by atoms with van der Waals surface area (Å²) >= 11 is 7.03. The molecule has 2 aromatic carbocycles. The van der Waals surface area contributed by atoms with Gasteiger partial charge in [-0.3, -0.25) is 9.59 Å². The fourth-order valence-corrected chi connectivity index (χ4v) is 3.44. The summed E-state index contributed by atoms with van der Waals surface area (Å²) in [7, 11) is 0. The highest BCUT2D eigenvalue weighted by Gasteiger charge is 2.16. The lowest BCUT2D eigenvalue weighted by Gasteiger charge is -2.07. The first kappa shape index (κ1) is 20.1. The van der Waals surface area contributed by atoms with Crippen molar-refractivity contribution in [1.29, 1.82) is 0 Å². The Balaban J connectivity index is 1.55. The molecular weight excluding hydrogens is 398 g/mol. The third-order valence-electron chi connectivity index (χ3n) is 3.91. The molecule has 0 unspecified atom stereocenters. The van der Waals surface area contributed by atoms with E-state index in [0.29, 0.717) is 22.3 Å². The van der Waals surface area contributed by atoms with Crippen molar-refractivity contribution < 1.29 is 14.3 Å². The average Bonchev–Trinajstić information content (AvgIpc) is 3.14. The fourth-order valence-electron chi connectivity index (χ4n) is 2.51. The number of nitrogens with zero attached hydrogens (tertiary/aromatic N) is 3. The van der Waals surface area contributed by atoms with Crippen LogP contribution in [0.2, 0.25) is 5.02 Å². The lowest BCUT2D eigenvalue weighted by atomic mass is 10.1. The zero-order valence-electron chi connectivity index (χ0n) is 15.2. The number of benzene rings is 2. The number of thioether (sulfide) groups is 1. The topological polar surface area (TPSA) is 74.1 Å². The summed E-state index contributed by atoms with van der Waals surface area (Å²) in [4.78, 5) is 24.1. The summed E-state index contributed by atoms with van der Waals surface area (Å²) in [6.45, 7) is 2.35. The number of ketones is 1. The summed E-state index contributed by atoms with van der Waals surface area (Å²) in [6.07, 6.45) is 0. The van der Waals surface area contributed by atoms with Gasteiger partial charge in [-0.1, -0.05) is 53.7 Å². The second-order valence-corrected chi connectivity index (χ2v) is 7.17. The normalized spacial score (nSPS) is 10.6. The summed E-state index contributed by atoms with van der Waals surface area (Å²) in [6, 6.07) is 16.2. The van der Waals surface area contributed by atoms with E-state index < -0.39 is 5.97 Å². The maximum atomic E-state index is 12.0. The van der Waals surface area contributed by atoms with Gasteiger partial charge >= 0.3 is 5.97 Å². The zero-order chi connectivity index (χ0) is 19.9. The first-order valence-electron chi connectivity index (χ1n) is 8.64. The van der Waals surface area contributed by atoms with E-state index in [1.54, 1.807) is 24.3 Å². The van der Waals surface area contributed by atoms with E-state index in [2.05, 4.69) is 10.2 Å². The molecule has 3 rings (SSSR count). The van der Waals surface area contributed by atoms with E-state index in [1.165, 1.54) is 11.8 Å². The lowest BCUT2D eigenvalue weighted by molar-refractivity contribution is -0.139. The van der Waals surface area contributed by atoms with Crippen molar-refractivity contribution in [3.63, 3.8) is 0 Å². The number of Topliss-reactive ketones (excluding diaryl/α,β-unsaturated/α-hetero) is 1. The van der Waals surface area contributed by atoms with Gasteiger partial charge < -0.3 is 9.30 Å². The zero-order valence-corrected chi connectivity index (χ0v) is 16.7. The number of ether oxygens (including phenoxy) is 1. The van der Waals surface area contributed by atoms with Crippen molar-refractivity contribution in [2.24, 2.45) is 0 Å². The van der Waals surface area contributed by atoms with Crippen molar-refractivity contribution >= 4 is 35.1 Å². The van der Waals surface area contributed by atoms with Crippen molar-refractivity contribution in [2.75, 3.05) is 12.4 Å². The number of rotatable bonds is 8. The van der Waals surface area contributed by atoms with Crippen LogP contribution in [0, 0.1) is 0 Å². The quantitative estimate of drug-likeness (QED) is 0.313. The first-order valence-corrected chi connectivity index (χ1v) is 10.0. The number of hydrogen-bond acceptors (Lipinski definition) is 6. The van der Waals surface area contributed by atoms with Crippen LogP contribution in [0.1, 0.15) is 17.3 Å². The predicted octanol–water partition coefficient (Wildman–Crippen LogP) is 4.14. The molecule has 6 nitrogen and oxygen atoms in total. The highest BCUT2D eigenvalue weighted by Crippen LogP contribution is 2.23. The maximum absolute atomic E-state index is 12.0. The van der Waals surface area contributed by atoms with E-state index in [4.69, 9.17) is 16.3 Å². The minimum Gasteiger partial charge on any atom is -0.457 e. The molecule has 0 amide bonds. The van der Waals surface area contributed by atoms with Crippen molar-refractivity contribution in [2.45, 2.75) is 18.6 Å². The van der Waals surface area contributed by atoms with Gasteiger partial charge in [0.15, 0.2) is 23.4 Å². The molecule has 3 aromatic rings. The fraction of sp³-hybridized carbons (Fsp3) is 0.200. The smallest absolute Gasteiger partial charge is 0.316 e. The monoisotopic (exact) mass is 415 g/mol. The molecule has 1 heterocycles. The van der Waals surface area contributed by atoms with Crippen LogP contribution in [0.5, 0.6) is 0 Å². The van der Waals surface area contributed by atoms with E-state index in [9.17, 15) is 9.59 Å². The maximum Gasteiger partial charge on any atom is 0.316 e. The van der Waals surface area contributed by atoms with Crippen LogP contribution in [0.15, 0.2) is 59.8 Å². The van der Waals surface area contributed by atoms with Gasteiger partial charge in [-0.25, -0.2) is 0 Å². The van der Waals surface area contributed by atoms with Crippen LogP contribution in [-0.4, -0.2) is 38.9 Å². The predicted molar refractivity (Wildman–Crippen MR) is 109 cm³/mol. The molecule has 0 aliphatic rings. The minimum absolute atomic E-state index is 0.0425. The van der Waals surface area contributed by atoms with Gasteiger partial charge in [0.1, 0.15) is 0 Å². The molecule has 0 N–H and O–H groups in total. The van der Waals surface area contributed by atoms with Crippen LogP contribution in [0.4, 0.5) is 0 Å². The number of aromatic nitrogens is 3. The molecular formula is C20H18ClN3O3S. The third kappa shape index (κ3) is 4.99. The number of carbonyl (C=O) groups excluding carboxylic acids is 2. The van der Waals surface area contributed by atoms with E-state index >= 15 is 0 Å². The second kappa shape index (κ2) is 9.52. The van der Waals surface area contributed by atoms with Gasteiger partial charge in [0.05, 0.1) is 5.75 Å². The van der Waals surface area contributed by atoms with Crippen molar-refractivity contribution in [3.8, 4) is 11.4 Å². The highest BCUT2D eigenvalue weighted by atomic mass is 35.5. The van der Waals surface area contributed by atoms with Crippen LogP contribution in [0.3, 0.4) is 0 Å². The highest BCUT2D eigenvalue weighted by molar-refractivity contribution is 7.99. The molecule has 8 heteroatoms. The molecule has 0 fully saturated rings. The summed E-state index contributed by atoms with van der Waals surface area (Å²) < 4.78 is 7.01. The number of hydrogen-bond donors (Lipinski definition) is 0. The molecule has 0 saturated carbocycles.